The van der Waals surface area contributed by atoms with Gasteiger partial charge in [-0.2, -0.15) is 0 Å². The molecule has 2 rings (SSSR count). The van der Waals surface area contributed by atoms with Gasteiger partial charge in [0.25, 0.3) is 0 Å². The van der Waals surface area contributed by atoms with E-state index in [2.05, 4.69) is 62.6 Å². The van der Waals surface area contributed by atoms with Gasteiger partial charge in [-0.1, -0.05) is 32.0 Å². The SMILES string of the molecule is Cc1cc(CN)c(C)n1-c1ccccc1C(C)C. The van der Waals surface area contributed by atoms with E-state index in [1.807, 2.05) is 0 Å². The molecular weight excluding hydrogens is 220 g/mol. The molecule has 0 bridgehead atoms. The summed E-state index contributed by atoms with van der Waals surface area (Å²) in [4.78, 5) is 0. The first kappa shape index (κ1) is 12.9. The lowest BCUT2D eigenvalue weighted by molar-refractivity contribution is 0.833. The van der Waals surface area contributed by atoms with Crippen LogP contribution in [0.5, 0.6) is 0 Å². The number of aryl methyl sites for hydroxylation is 1. The molecule has 0 atom stereocenters. The number of nitrogens with zero attached hydrogens (tertiary/aromatic N) is 1. The van der Waals surface area contributed by atoms with Gasteiger partial charge in [0.15, 0.2) is 0 Å². The lowest BCUT2D eigenvalue weighted by atomic mass is 10.0. The molecule has 0 aliphatic carbocycles. The van der Waals surface area contributed by atoms with Crippen molar-refractivity contribution in [2.45, 2.75) is 40.2 Å². The topological polar surface area (TPSA) is 30.9 Å². The van der Waals surface area contributed by atoms with Crippen LogP contribution in [0.15, 0.2) is 30.3 Å². The normalized spacial score (nSPS) is 11.2. The molecule has 1 heterocycles. The fourth-order valence-corrected chi connectivity index (χ4v) is 2.59. The van der Waals surface area contributed by atoms with Crippen molar-refractivity contribution in [2.75, 3.05) is 0 Å². The maximum absolute atomic E-state index is 5.80. The number of para-hydroxylation sites is 1. The van der Waals surface area contributed by atoms with Crippen molar-refractivity contribution in [2.24, 2.45) is 5.73 Å². The van der Waals surface area contributed by atoms with Gasteiger partial charge in [-0.3, -0.25) is 0 Å². The number of aromatic nitrogens is 1. The van der Waals surface area contributed by atoms with Gasteiger partial charge in [0.2, 0.25) is 0 Å². The molecule has 1 aromatic carbocycles. The largest absolute Gasteiger partial charge is 0.326 e. The molecule has 0 spiro atoms. The first-order valence-corrected chi connectivity index (χ1v) is 6.53. The van der Waals surface area contributed by atoms with Crippen molar-refractivity contribution in [3.63, 3.8) is 0 Å². The minimum Gasteiger partial charge on any atom is -0.326 e. The maximum Gasteiger partial charge on any atom is 0.0489 e. The van der Waals surface area contributed by atoms with E-state index >= 15 is 0 Å². The van der Waals surface area contributed by atoms with Crippen LogP contribution < -0.4 is 5.73 Å². The average molecular weight is 242 g/mol. The molecule has 18 heavy (non-hydrogen) atoms. The van der Waals surface area contributed by atoms with Gasteiger partial charge >= 0.3 is 0 Å². The first-order valence-electron chi connectivity index (χ1n) is 6.53. The fraction of sp³-hybridized carbons (Fsp3) is 0.375. The Morgan fingerprint density at radius 2 is 1.83 bits per heavy atom. The van der Waals surface area contributed by atoms with Gasteiger partial charge < -0.3 is 10.3 Å². The third kappa shape index (κ3) is 2.08. The highest BCUT2D eigenvalue weighted by molar-refractivity contribution is 5.47. The van der Waals surface area contributed by atoms with Crippen molar-refractivity contribution in [1.29, 1.82) is 0 Å². The monoisotopic (exact) mass is 242 g/mol. The lowest BCUT2D eigenvalue weighted by Gasteiger charge is -2.17. The minimum atomic E-state index is 0.517. The third-order valence-electron chi connectivity index (χ3n) is 3.56. The van der Waals surface area contributed by atoms with Crippen molar-refractivity contribution >= 4 is 0 Å². The number of rotatable bonds is 3. The predicted octanol–water partition coefficient (Wildman–Crippen LogP) is 3.68. The summed E-state index contributed by atoms with van der Waals surface area (Å²) in [6, 6.07) is 10.8. The van der Waals surface area contributed by atoms with Crippen LogP contribution in [0.25, 0.3) is 5.69 Å². The van der Waals surface area contributed by atoms with E-state index in [1.165, 1.54) is 28.2 Å². The molecule has 0 radical (unpaired) electrons. The second-order valence-corrected chi connectivity index (χ2v) is 5.15. The molecular formula is C16H22N2. The lowest BCUT2D eigenvalue weighted by Crippen LogP contribution is -2.05. The van der Waals surface area contributed by atoms with Crippen molar-refractivity contribution in [3.05, 3.63) is 52.8 Å². The molecule has 0 amide bonds. The number of hydrogen-bond acceptors (Lipinski definition) is 1. The van der Waals surface area contributed by atoms with Gasteiger partial charge in [0.05, 0.1) is 0 Å². The first-order chi connectivity index (χ1) is 8.56. The van der Waals surface area contributed by atoms with Crippen LogP contribution in [0.1, 0.15) is 42.3 Å². The summed E-state index contributed by atoms with van der Waals surface area (Å²) in [7, 11) is 0. The fourth-order valence-electron chi connectivity index (χ4n) is 2.59. The number of nitrogens with two attached hydrogens (primary N) is 1. The predicted molar refractivity (Wildman–Crippen MR) is 77.2 cm³/mol. The Labute approximate surface area is 109 Å². The molecule has 0 aliphatic heterocycles. The molecule has 0 aliphatic rings. The third-order valence-corrected chi connectivity index (χ3v) is 3.56. The summed E-state index contributed by atoms with van der Waals surface area (Å²) < 4.78 is 2.32. The van der Waals surface area contributed by atoms with Crippen LogP contribution in [0, 0.1) is 13.8 Å². The second-order valence-electron chi connectivity index (χ2n) is 5.15. The van der Waals surface area contributed by atoms with E-state index in [1.54, 1.807) is 0 Å². The maximum atomic E-state index is 5.80. The zero-order chi connectivity index (χ0) is 13.3. The average Bonchev–Trinajstić information content (AvgIpc) is 2.64. The Morgan fingerprint density at radius 3 is 2.39 bits per heavy atom. The smallest absolute Gasteiger partial charge is 0.0489 e. The molecule has 0 fully saturated rings. The molecule has 96 valence electrons. The molecule has 2 heteroatoms. The van der Waals surface area contributed by atoms with Crippen LogP contribution in [-0.2, 0) is 6.54 Å². The van der Waals surface area contributed by atoms with E-state index < -0.39 is 0 Å². The van der Waals surface area contributed by atoms with Gasteiger partial charge in [-0.25, -0.2) is 0 Å². The highest BCUT2D eigenvalue weighted by Crippen LogP contribution is 2.27. The van der Waals surface area contributed by atoms with E-state index in [9.17, 15) is 0 Å². The number of benzene rings is 1. The van der Waals surface area contributed by atoms with E-state index in [4.69, 9.17) is 5.73 Å². The Balaban J connectivity index is 2.66. The molecule has 0 saturated carbocycles. The highest BCUT2D eigenvalue weighted by atomic mass is 15.0. The molecule has 2 nitrogen and oxygen atoms in total. The molecule has 0 unspecified atom stereocenters. The van der Waals surface area contributed by atoms with Crippen LogP contribution in [0.4, 0.5) is 0 Å². The minimum absolute atomic E-state index is 0.517. The van der Waals surface area contributed by atoms with E-state index in [-0.39, 0.29) is 0 Å². The van der Waals surface area contributed by atoms with Crippen LogP contribution in [0.3, 0.4) is 0 Å². The molecule has 2 aromatic rings. The van der Waals surface area contributed by atoms with E-state index in [0.29, 0.717) is 12.5 Å². The molecule has 2 N–H and O–H groups in total. The molecule has 0 saturated heterocycles. The quantitative estimate of drug-likeness (QED) is 0.874. The van der Waals surface area contributed by atoms with Gasteiger partial charge in [0, 0.05) is 23.6 Å². The zero-order valence-electron chi connectivity index (χ0n) is 11.7. The zero-order valence-corrected chi connectivity index (χ0v) is 11.7. The Kier molecular flexibility index (Phi) is 3.58. The summed E-state index contributed by atoms with van der Waals surface area (Å²) in [6.45, 7) is 9.35. The Hall–Kier alpha value is -1.54. The van der Waals surface area contributed by atoms with Gasteiger partial charge in [-0.15, -0.1) is 0 Å². The highest BCUT2D eigenvalue weighted by Gasteiger charge is 2.13. The summed E-state index contributed by atoms with van der Waals surface area (Å²) in [6.07, 6.45) is 0. The number of hydrogen-bond donors (Lipinski definition) is 1. The summed E-state index contributed by atoms with van der Waals surface area (Å²) in [5.74, 6) is 0.517. The van der Waals surface area contributed by atoms with Crippen molar-refractivity contribution in [3.8, 4) is 5.69 Å². The van der Waals surface area contributed by atoms with Crippen molar-refractivity contribution in [1.82, 2.24) is 4.57 Å². The van der Waals surface area contributed by atoms with E-state index in [0.717, 1.165) is 0 Å². The van der Waals surface area contributed by atoms with Crippen LogP contribution >= 0.6 is 0 Å². The standard InChI is InChI=1S/C16H22N2/c1-11(2)15-7-5-6-8-16(15)18-12(3)9-14(10-17)13(18)4/h5-9,11H,10,17H2,1-4H3. The second kappa shape index (κ2) is 4.99. The van der Waals surface area contributed by atoms with Crippen LogP contribution in [0.2, 0.25) is 0 Å². The summed E-state index contributed by atoms with van der Waals surface area (Å²) >= 11 is 0. The summed E-state index contributed by atoms with van der Waals surface area (Å²) in [5, 5.41) is 0. The summed E-state index contributed by atoms with van der Waals surface area (Å²) in [5.41, 5.74) is 12.2. The van der Waals surface area contributed by atoms with Gasteiger partial charge in [-0.05, 0) is 43.0 Å². The van der Waals surface area contributed by atoms with Crippen molar-refractivity contribution < 1.29 is 0 Å². The molecule has 1 aromatic heterocycles. The van der Waals surface area contributed by atoms with Crippen LogP contribution in [-0.4, -0.2) is 4.57 Å². The Bertz CT molecular complexity index is 550. The Morgan fingerprint density at radius 1 is 1.17 bits per heavy atom. The van der Waals surface area contributed by atoms with Gasteiger partial charge in [0.1, 0.15) is 0 Å².